The first-order valence-electron chi connectivity index (χ1n) is 8.36. The molecule has 0 spiro atoms. The Bertz CT molecular complexity index is 817. The Morgan fingerprint density at radius 3 is 2.43 bits per heavy atom. The molecule has 1 aliphatic rings. The van der Waals surface area contributed by atoms with Crippen molar-refractivity contribution in [3.8, 4) is 0 Å². The average Bonchev–Trinajstić information content (AvgIpc) is 2.47. The average molecular weight is 312 g/mol. The van der Waals surface area contributed by atoms with Crippen molar-refractivity contribution in [2.75, 3.05) is 0 Å². The highest BCUT2D eigenvalue weighted by Crippen LogP contribution is 2.42. The van der Waals surface area contributed by atoms with E-state index in [4.69, 9.17) is 4.42 Å². The molecule has 0 bridgehead atoms. The quantitative estimate of drug-likeness (QED) is 0.734. The van der Waals surface area contributed by atoms with E-state index in [1.165, 1.54) is 6.92 Å². The summed E-state index contributed by atoms with van der Waals surface area (Å²) in [7, 11) is 0. The molecule has 1 saturated carbocycles. The van der Waals surface area contributed by atoms with Crippen molar-refractivity contribution in [2.24, 2.45) is 5.41 Å². The van der Waals surface area contributed by atoms with Crippen LogP contribution in [-0.4, -0.2) is 5.78 Å². The molecular weight excluding hydrogens is 288 g/mol. The van der Waals surface area contributed by atoms with Gasteiger partial charge in [0.05, 0.1) is 10.9 Å². The molecule has 0 amide bonds. The number of Topliss-reactive ketones (excluding diaryl/α,β-unsaturated/α-hetero) is 1. The maximum absolute atomic E-state index is 12.5. The first kappa shape index (κ1) is 16.0. The van der Waals surface area contributed by atoms with Crippen molar-refractivity contribution >= 4 is 16.8 Å². The summed E-state index contributed by atoms with van der Waals surface area (Å²) in [5.74, 6) is 0.953. The van der Waals surface area contributed by atoms with Crippen molar-refractivity contribution in [3.63, 3.8) is 0 Å². The molecule has 0 radical (unpaired) electrons. The second-order valence-corrected chi connectivity index (χ2v) is 7.70. The summed E-state index contributed by atoms with van der Waals surface area (Å²) < 4.78 is 6.08. The second kappa shape index (κ2) is 5.63. The van der Waals surface area contributed by atoms with Crippen LogP contribution < -0.4 is 5.43 Å². The van der Waals surface area contributed by atoms with E-state index in [0.717, 1.165) is 37.0 Å². The molecule has 3 heteroatoms. The number of benzene rings is 1. The fourth-order valence-corrected chi connectivity index (χ4v) is 3.57. The molecule has 3 nitrogen and oxygen atoms in total. The van der Waals surface area contributed by atoms with Crippen LogP contribution in [-0.2, 0) is 0 Å². The fraction of sp³-hybridized carbons (Fsp3) is 0.500. The van der Waals surface area contributed by atoms with Gasteiger partial charge >= 0.3 is 0 Å². The van der Waals surface area contributed by atoms with Gasteiger partial charge in [0.15, 0.2) is 11.2 Å². The van der Waals surface area contributed by atoms with Gasteiger partial charge in [-0.3, -0.25) is 9.59 Å². The monoisotopic (exact) mass is 312 g/mol. The minimum absolute atomic E-state index is 0.0442. The number of rotatable bonds is 2. The zero-order chi connectivity index (χ0) is 16.8. The van der Waals surface area contributed by atoms with Crippen LogP contribution in [0, 0.1) is 12.3 Å². The van der Waals surface area contributed by atoms with Gasteiger partial charge in [-0.1, -0.05) is 13.8 Å². The Kier molecular flexibility index (Phi) is 3.91. The van der Waals surface area contributed by atoms with Crippen LogP contribution in [0.5, 0.6) is 0 Å². The molecule has 1 fully saturated rings. The lowest BCUT2D eigenvalue weighted by Crippen LogP contribution is -2.21. The maximum Gasteiger partial charge on any atom is 0.192 e. The van der Waals surface area contributed by atoms with Crippen molar-refractivity contribution in [3.05, 3.63) is 45.3 Å². The van der Waals surface area contributed by atoms with Crippen molar-refractivity contribution in [1.29, 1.82) is 0 Å². The van der Waals surface area contributed by atoms with Gasteiger partial charge in [0.25, 0.3) is 0 Å². The van der Waals surface area contributed by atoms with E-state index in [9.17, 15) is 9.59 Å². The maximum atomic E-state index is 12.5. The minimum Gasteiger partial charge on any atom is -0.460 e. The molecule has 1 aliphatic carbocycles. The Labute approximate surface area is 136 Å². The second-order valence-electron chi connectivity index (χ2n) is 7.70. The summed E-state index contributed by atoms with van der Waals surface area (Å²) in [4.78, 5) is 24.5. The first-order valence-corrected chi connectivity index (χ1v) is 8.36. The van der Waals surface area contributed by atoms with E-state index in [1.54, 1.807) is 18.2 Å². The summed E-state index contributed by atoms with van der Waals surface area (Å²) >= 11 is 0. The topological polar surface area (TPSA) is 47.3 Å². The Morgan fingerprint density at radius 1 is 1.17 bits per heavy atom. The molecule has 0 aliphatic heterocycles. The van der Waals surface area contributed by atoms with Gasteiger partial charge in [-0.2, -0.15) is 0 Å². The van der Waals surface area contributed by atoms with Gasteiger partial charge < -0.3 is 4.42 Å². The lowest BCUT2D eigenvalue weighted by Gasteiger charge is -2.33. The number of carbonyl (C=O) groups is 1. The van der Waals surface area contributed by atoms with Crippen molar-refractivity contribution in [2.45, 2.75) is 59.3 Å². The number of fused-ring (bicyclic) bond motifs is 1. The molecule has 0 N–H and O–H groups in total. The van der Waals surface area contributed by atoms with Crippen LogP contribution in [0.2, 0.25) is 0 Å². The van der Waals surface area contributed by atoms with Crippen LogP contribution in [0.4, 0.5) is 0 Å². The van der Waals surface area contributed by atoms with Crippen LogP contribution in [0.15, 0.2) is 27.4 Å². The molecular formula is C20H24O3. The molecule has 23 heavy (non-hydrogen) atoms. The van der Waals surface area contributed by atoms with Crippen molar-refractivity contribution < 1.29 is 9.21 Å². The van der Waals surface area contributed by atoms with Crippen LogP contribution in [0.1, 0.15) is 74.1 Å². The van der Waals surface area contributed by atoms with Gasteiger partial charge in [0.2, 0.25) is 0 Å². The normalized spacial score (nSPS) is 18.3. The van der Waals surface area contributed by atoms with E-state index in [1.807, 2.05) is 6.92 Å². The summed E-state index contributed by atoms with van der Waals surface area (Å²) in [6.45, 7) is 7.99. The molecule has 1 heterocycles. The predicted octanol–water partition coefficient (Wildman–Crippen LogP) is 4.99. The zero-order valence-corrected chi connectivity index (χ0v) is 14.4. The highest BCUT2D eigenvalue weighted by Gasteiger charge is 2.29. The van der Waals surface area contributed by atoms with E-state index in [2.05, 4.69) is 13.8 Å². The molecule has 122 valence electrons. The highest BCUT2D eigenvalue weighted by atomic mass is 16.3. The zero-order valence-electron chi connectivity index (χ0n) is 14.4. The molecule has 0 atom stereocenters. The summed E-state index contributed by atoms with van der Waals surface area (Å²) in [6, 6.07) is 5.25. The van der Waals surface area contributed by atoms with E-state index >= 15 is 0 Å². The van der Waals surface area contributed by atoms with Gasteiger partial charge in [0, 0.05) is 12.0 Å². The Hall–Kier alpha value is -1.90. The van der Waals surface area contributed by atoms with Crippen LogP contribution in [0.3, 0.4) is 0 Å². The molecule has 3 rings (SSSR count). The Morgan fingerprint density at radius 2 is 1.83 bits per heavy atom. The predicted molar refractivity (Wildman–Crippen MR) is 92.2 cm³/mol. The third-order valence-corrected chi connectivity index (χ3v) is 5.11. The molecule has 1 aromatic carbocycles. The van der Waals surface area contributed by atoms with Gasteiger partial charge in [0.1, 0.15) is 11.3 Å². The van der Waals surface area contributed by atoms with Crippen LogP contribution >= 0.6 is 0 Å². The summed E-state index contributed by atoms with van der Waals surface area (Å²) in [5, 5.41) is 0.509. The molecule has 1 aromatic heterocycles. The van der Waals surface area contributed by atoms with E-state index in [-0.39, 0.29) is 17.1 Å². The molecule has 0 unspecified atom stereocenters. The first-order chi connectivity index (χ1) is 10.8. The van der Waals surface area contributed by atoms with Gasteiger partial charge in [-0.15, -0.1) is 0 Å². The summed E-state index contributed by atoms with van der Waals surface area (Å²) in [5.41, 5.74) is 2.19. The standard InChI is InChI=1S/C20H24O3/c1-12-9-15(13(2)21)19-16(10-12)17(22)11-18(23-19)14-5-7-20(3,4)8-6-14/h9-11,14H,5-8H2,1-4H3. The number of ketones is 1. The number of aryl methyl sites for hydroxylation is 1. The van der Waals surface area contributed by atoms with E-state index < -0.39 is 0 Å². The van der Waals surface area contributed by atoms with E-state index in [0.29, 0.717) is 21.9 Å². The van der Waals surface area contributed by atoms with Gasteiger partial charge in [-0.25, -0.2) is 0 Å². The smallest absolute Gasteiger partial charge is 0.192 e. The number of hydrogen-bond donors (Lipinski definition) is 0. The Balaban J connectivity index is 2.11. The number of hydrogen-bond acceptors (Lipinski definition) is 3. The van der Waals surface area contributed by atoms with Crippen molar-refractivity contribution in [1.82, 2.24) is 0 Å². The SMILES string of the molecule is CC(=O)c1cc(C)cc2c(=O)cc(C3CCC(C)(C)CC3)oc12. The highest BCUT2D eigenvalue weighted by molar-refractivity contribution is 6.04. The molecule has 0 saturated heterocycles. The lowest BCUT2D eigenvalue weighted by atomic mass is 9.72. The van der Waals surface area contributed by atoms with Gasteiger partial charge in [-0.05, 0) is 62.6 Å². The minimum atomic E-state index is -0.0659. The van der Waals surface area contributed by atoms with Crippen LogP contribution in [0.25, 0.3) is 11.0 Å². The lowest BCUT2D eigenvalue weighted by molar-refractivity contribution is 0.101. The fourth-order valence-electron chi connectivity index (χ4n) is 3.57. The largest absolute Gasteiger partial charge is 0.460 e. The number of carbonyl (C=O) groups excluding carboxylic acids is 1. The molecule has 2 aromatic rings. The third kappa shape index (κ3) is 3.10. The summed E-state index contributed by atoms with van der Waals surface area (Å²) in [6.07, 6.45) is 4.32. The third-order valence-electron chi connectivity index (χ3n) is 5.11.